The summed E-state index contributed by atoms with van der Waals surface area (Å²) in [7, 11) is 0. The predicted octanol–water partition coefficient (Wildman–Crippen LogP) is 4.54. The minimum atomic E-state index is -0.968. The van der Waals surface area contributed by atoms with E-state index >= 15 is 0 Å². The third kappa shape index (κ3) is 2.20. The zero-order chi connectivity index (χ0) is 21.5. The van der Waals surface area contributed by atoms with Gasteiger partial charge in [0.25, 0.3) is 0 Å². The molecule has 3 aromatic carbocycles. The molecule has 0 aromatic heterocycles. The second-order valence-electron chi connectivity index (χ2n) is 8.40. The van der Waals surface area contributed by atoms with Crippen LogP contribution >= 0.6 is 23.2 Å². The molecule has 31 heavy (non-hydrogen) atoms. The highest BCUT2D eigenvalue weighted by Crippen LogP contribution is 2.64. The molecule has 1 saturated heterocycles. The molecule has 154 valence electrons. The summed E-state index contributed by atoms with van der Waals surface area (Å²) in [5.74, 6) is -2.08. The monoisotopic (exact) mass is 449 g/mol. The average Bonchev–Trinajstić information content (AvgIpc) is 3.07. The van der Waals surface area contributed by atoms with Gasteiger partial charge in [0.1, 0.15) is 0 Å². The first-order valence-corrected chi connectivity index (χ1v) is 10.9. The summed E-state index contributed by atoms with van der Waals surface area (Å²) < 4.78 is 0. The van der Waals surface area contributed by atoms with Crippen LogP contribution in [0, 0.1) is 11.8 Å². The number of aliphatic hydroxyl groups is 1. The van der Waals surface area contributed by atoms with Crippen molar-refractivity contribution in [3.63, 3.8) is 0 Å². The van der Waals surface area contributed by atoms with Crippen LogP contribution in [-0.2, 0) is 15.0 Å². The molecular weight excluding hydrogens is 433 g/mol. The molecule has 1 aliphatic heterocycles. The summed E-state index contributed by atoms with van der Waals surface area (Å²) in [4.78, 5) is 28.8. The molecule has 2 unspecified atom stereocenters. The van der Waals surface area contributed by atoms with Gasteiger partial charge in [-0.25, -0.2) is 4.90 Å². The van der Waals surface area contributed by atoms with Crippen LogP contribution in [0.4, 0.5) is 5.69 Å². The number of amides is 2. The summed E-state index contributed by atoms with van der Waals surface area (Å²) in [5, 5.41) is 11.5. The van der Waals surface area contributed by atoms with Crippen molar-refractivity contribution in [1.82, 2.24) is 0 Å². The largest absolute Gasteiger partial charge is 0.395 e. The van der Waals surface area contributed by atoms with E-state index in [0.717, 1.165) is 22.3 Å². The van der Waals surface area contributed by atoms with E-state index in [-0.39, 0.29) is 29.4 Å². The summed E-state index contributed by atoms with van der Waals surface area (Å²) in [5.41, 5.74) is 3.31. The van der Waals surface area contributed by atoms with Crippen LogP contribution in [0.5, 0.6) is 0 Å². The molecule has 2 amide bonds. The van der Waals surface area contributed by atoms with Gasteiger partial charge in [0, 0.05) is 5.92 Å². The van der Waals surface area contributed by atoms with Crippen molar-refractivity contribution in [3.8, 4) is 0 Å². The van der Waals surface area contributed by atoms with Crippen LogP contribution in [0.15, 0.2) is 66.7 Å². The molecule has 2 atom stereocenters. The number of anilines is 1. The first-order chi connectivity index (χ1) is 15.0. The van der Waals surface area contributed by atoms with E-state index in [0.29, 0.717) is 10.7 Å². The van der Waals surface area contributed by atoms with Gasteiger partial charge in [-0.05, 0) is 40.5 Å². The first-order valence-electron chi connectivity index (χ1n) is 10.1. The number of halogens is 2. The molecule has 4 nitrogen and oxygen atoms in total. The van der Waals surface area contributed by atoms with Crippen molar-refractivity contribution in [3.05, 3.63) is 99.0 Å². The maximum atomic E-state index is 13.8. The van der Waals surface area contributed by atoms with Crippen LogP contribution in [-0.4, -0.2) is 23.5 Å². The molecule has 1 fully saturated rings. The van der Waals surface area contributed by atoms with Crippen LogP contribution in [0.2, 0.25) is 10.0 Å². The molecule has 1 N–H and O–H groups in total. The Morgan fingerprint density at radius 3 is 2.03 bits per heavy atom. The van der Waals surface area contributed by atoms with Crippen molar-refractivity contribution in [2.45, 2.75) is 11.3 Å². The van der Waals surface area contributed by atoms with E-state index in [1.54, 1.807) is 18.2 Å². The normalized spacial score (nSPS) is 27.8. The minimum Gasteiger partial charge on any atom is -0.395 e. The number of hydrogen-bond acceptors (Lipinski definition) is 3. The van der Waals surface area contributed by atoms with Crippen LogP contribution in [0.3, 0.4) is 0 Å². The summed E-state index contributed by atoms with van der Waals surface area (Å²) in [6, 6.07) is 20.5. The number of aliphatic hydroxyl groups excluding tert-OH is 1. The summed E-state index contributed by atoms with van der Waals surface area (Å²) in [6.45, 7) is -0.261. The minimum absolute atomic E-state index is 0.241. The highest BCUT2D eigenvalue weighted by Gasteiger charge is 2.68. The number of imide groups is 1. The Morgan fingerprint density at radius 2 is 1.45 bits per heavy atom. The standard InChI is InChI=1S/C25H17Cl2NO3/c26-18-10-9-13(11-19(18)27)28-23(30)21-20-14-5-1-3-7-16(14)25(12-29,22(21)24(28)31)17-8-4-2-6-15(17)20/h1-11,20-22,29H,12H2. The summed E-state index contributed by atoms with van der Waals surface area (Å²) >= 11 is 12.2. The highest BCUT2D eigenvalue weighted by atomic mass is 35.5. The van der Waals surface area contributed by atoms with E-state index in [1.165, 1.54) is 4.90 Å². The van der Waals surface area contributed by atoms with Gasteiger partial charge in [-0.1, -0.05) is 71.7 Å². The lowest BCUT2D eigenvalue weighted by Crippen LogP contribution is -2.55. The fourth-order valence-corrected chi connectivity index (χ4v) is 6.37. The Kier molecular flexibility index (Phi) is 3.95. The van der Waals surface area contributed by atoms with Gasteiger partial charge in [-0.2, -0.15) is 0 Å². The quantitative estimate of drug-likeness (QED) is 0.584. The predicted molar refractivity (Wildman–Crippen MR) is 119 cm³/mol. The fraction of sp³-hybridized carbons (Fsp3) is 0.200. The molecule has 6 heteroatoms. The number of rotatable bonds is 2. The Labute approximate surface area is 189 Å². The molecule has 1 heterocycles. The number of hydrogen-bond donors (Lipinski definition) is 1. The van der Waals surface area contributed by atoms with Crippen LogP contribution in [0.25, 0.3) is 0 Å². The molecule has 7 rings (SSSR count). The van der Waals surface area contributed by atoms with Gasteiger partial charge in [0.15, 0.2) is 0 Å². The van der Waals surface area contributed by atoms with Gasteiger partial charge in [-0.15, -0.1) is 0 Å². The Hall–Kier alpha value is -2.66. The SMILES string of the molecule is O=C1C2C3c4ccccc4C(CO)(c4ccccc43)C2C(=O)N1c1ccc(Cl)c(Cl)c1. The number of carbonyl (C=O) groups excluding carboxylic acids is 2. The fourth-order valence-electron chi connectivity index (χ4n) is 6.08. The van der Waals surface area contributed by atoms with E-state index in [9.17, 15) is 14.7 Å². The Balaban J connectivity index is 1.62. The van der Waals surface area contributed by atoms with Crippen molar-refractivity contribution < 1.29 is 14.7 Å². The molecule has 2 bridgehead atoms. The zero-order valence-electron chi connectivity index (χ0n) is 16.3. The van der Waals surface area contributed by atoms with Crippen molar-refractivity contribution in [2.75, 3.05) is 11.5 Å². The summed E-state index contributed by atoms with van der Waals surface area (Å²) in [6.07, 6.45) is 0. The van der Waals surface area contributed by atoms with Gasteiger partial charge in [-0.3, -0.25) is 9.59 Å². The number of carbonyl (C=O) groups is 2. The van der Waals surface area contributed by atoms with Gasteiger partial charge >= 0.3 is 0 Å². The van der Waals surface area contributed by atoms with Crippen LogP contribution < -0.4 is 4.90 Å². The average molecular weight is 450 g/mol. The Morgan fingerprint density at radius 1 is 0.839 bits per heavy atom. The molecule has 0 saturated carbocycles. The molecular formula is C25H17Cl2NO3. The first kappa shape index (κ1) is 19.1. The van der Waals surface area contributed by atoms with Gasteiger partial charge < -0.3 is 5.11 Å². The number of benzene rings is 3. The second kappa shape index (κ2) is 6.42. The lowest BCUT2D eigenvalue weighted by Gasteiger charge is -2.53. The molecule has 3 aromatic rings. The van der Waals surface area contributed by atoms with Crippen LogP contribution in [0.1, 0.15) is 28.2 Å². The Bertz CT molecular complexity index is 1240. The van der Waals surface area contributed by atoms with E-state index in [1.807, 2.05) is 48.5 Å². The maximum Gasteiger partial charge on any atom is 0.239 e. The van der Waals surface area contributed by atoms with E-state index in [4.69, 9.17) is 23.2 Å². The number of nitrogens with zero attached hydrogens (tertiary/aromatic N) is 1. The highest BCUT2D eigenvalue weighted by molar-refractivity contribution is 6.42. The van der Waals surface area contributed by atoms with Gasteiger partial charge in [0.05, 0.1) is 39.6 Å². The molecule has 0 spiro atoms. The van der Waals surface area contributed by atoms with Crippen molar-refractivity contribution >= 4 is 40.7 Å². The molecule has 4 aliphatic rings. The topological polar surface area (TPSA) is 57.6 Å². The smallest absolute Gasteiger partial charge is 0.239 e. The third-order valence-corrected chi connectivity index (χ3v) is 7.94. The van der Waals surface area contributed by atoms with Crippen molar-refractivity contribution in [1.29, 1.82) is 0 Å². The van der Waals surface area contributed by atoms with Gasteiger partial charge in [0.2, 0.25) is 11.8 Å². The third-order valence-electron chi connectivity index (χ3n) is 7.20. The zero-order valence-corrected chi connectivity index (χ0v) is 17.8. The lowest BCUT2D eigenvalue weighted by molar-refractivity contribution is -0.124. The molecule has 0 radical (unpaired) electrons. The second-order valence-corrected chi connectivity index (χ2v) is 9.21. The molecule has 3 aliphatic carbocycles. The van der Waals surface area contributed by atoms with E-state index < -0.39 is 17.3 Å². The van der Waals surface area contributed by atoms with E-state index in [2.05, 4.69) is 0 Å². The lowest BCUT2D eigenvalue weighted by atomic mass is 9.47. The van der Waals surface area contributed by atoms with Crippen molar-refractivity contribution in [2.24, 2.45) is 11.8 Å². The maximum absolute atomic E-state index is 13.8.